The lowest BCUT2D eigenvalue weighted by molar-refractivity contribution is -0.118. The number of anilines is 2. The number of para-hydroxylation sites is 2. The molecular formula is C26H30N4O2. The number of carbonyl (C=O) groups excluding carboxylic acids is 1. The third-order valence-corrected chi connectivity index (χ3v) is 5.72. The summed E-state index contributed by atoms with van der Waals surface area (Å²) < 4.78 is 5.65. The Morgan fingerprint density at radius 3 is 2.56 bits per heavy atom. The first-order valence-corrected chi connectivity index (χ1v) is 11.1. The Bertz CT molecular complexity index is 1020. The molecule has 2 aromatic carbocycles. The number of ether oxygens (including phenoxy) is 1. The van der Waals surface area contributed by atoms with Crippen LogP contribution < -0.4 is 15.0 Å². The van der Waals surface area contributed by atoms with Crippen LogP contribution >= 0.6 is 0 Å². The number of nitrogens with one attached hydrogen (secondary N) is 1. The van der Waals surface area contributed by atoms with Crippen LogP contribution in [0, 0.1) is 6.92 Å². The lowest BCUT2D eigenvalue weighted by atomic mass is 10.1. The molecule has 2 heterocycles. The van der Waals surface area contributed by atoms with Gasteiger partial charge in [0.2, 0.25) is 0 Å². The molecule has 4 rings (SSSR count). The van der Waals surface area contributed by atoms with Crippen molar-refractivity contribution in [2.75, 3.05) is 49.5 Å². The molecule has 6 heteroatoms. The van der Waals surface area contributed by atoms with E-state index in [1.807, 2.05) is 61.8 Å². The molecule has 1 saturated heterocycles. The molecule has 0 unspecified atom stereocenters. The minimum Gasteiger partial charge on any atom is -0.484 e. The van der Waals surface area contributed by atoms with Crippen LogP contribution in [0.5, 0.6) is 5.75 Å². The normalized spacial score (nSPS) is 14.2. The molecule has 6 nitrogen and oxygen atoms in total. The van der Waals surface area contributed by atoms with Gasteiger partial charge in [-0.2, -0.15) is 0 Å². The molecule has 3 aromatic rings. The number of nitrogens with zero attached hydrogens (tertiary/aromatic N) is 3. The molecule has 166 valence electrons. The number of pyridine rings is 1. The van der Waals surface area contributed by atoms with Gasteiger partial charge in [-0.1, -0.05) is 24.3 Å². The van der Waals surface area contributed by atoms with Gasteiger partial charge in [-0.05, 0) is 60.9 Å². The van der Waals surface area contributed by atoms with Gasteiger partial charge in [0.25, 0.3) is 5.91 Å². The number of benzene rings is 2. The van der Waals surface area contributed by atoms with Crippen LogP contribution in [0.25, 0.3) is 0 Å². The molecule has 32 heavy (non-hydrogen) atoms. The highest BCUT2D eigenvalue weighted by molar-refractivity contribution is 5.95. The standard InChI is InChI=1S/C26H30N4O2/c1-21-5-4-6-23(19-21)32-20-26(31)28-24-7-2-3-8-25(24)30-17-15-29(16-18-30)14-11-22-9-12-27-13-10-22/h2-10,12-13,19H,11,14-18,20H2,1H3,(H,28,31). The van der Waals surface area contributed by atoms with E-state index in [1.54, 1.807) is 0 Å². The summed E-state index contributed by atoms with van der Waals surface area (Å²) >= 11 is 0. The lowest BCUT2D eigenvalue weighted by Crippen LogP contribution is -2.47. The molecule has 0 saturated carbocycles. The van der Waals surface area contributed by atoms with Crippen molar-refractivity contribution in [1.82, 2.24) is 9.88 Å². The van der Waals surface area contributed by atoms with Crippen LogP contribution in [0.1, 0.15) is 11.1 Å². The molecule has 0 atom stereocenters. The monoisotopic (exact) mass is 430 g/mol. The summed E-state index contributed by atoms with van der Waals surface area (Å²) in [5, 5.41) is 3.03. The minimum absolute atomic E-state index is 0.0133. The van der Waals surface area contributed by atoms with Gasteiger partial charge >= 0.3 is 0 Å². The van der Waals surface area contributed by atoms with E-state index in [2.05, 4.69) is 38.3 Å². The third kappa shape index (κ3) is 6.08. The van der Waals surface area contributed by atoms with Crippen LogP contribution in [0.2, 0.25) is 0 Å². The Morgan fingerprint density at radius 2 is 1.78 bits per heavy atom. The minimum atomic E-state index is -0.157. The third-order valence-electron chi connectivity index (χ3n) is 5.72. The molecule has 1 amide bonds. The maximum atomic E-state index is 12.5. The molecule has 1 fully saturated rings. The zero-order valence-corrected chi connectivity index (χ0v) is 18.5. The van der Waals surface area contributed by atoms with Gasteiger partial charge in [0.05, 0.1) is 11.4 Å². The smallest absolute Gasteiger partial charge is 0.262 e. The van der Waals surface area contributed by atoms with Crippen LogP contribution in [0.3, 0.4) is 0 Å². The lowest BCUT2D eigenvalue weighted by Gasteiger charge is -2.37. The number of rotatable bonds is 8. The van der Waals surface area contributed by atoms with Crippen molar-refractivity contribution >= 4 is 17.3 Å². The van der Waals surface area contributed by atoms with Gasteiger partial charge in [0, 0.05) is 45.1 Å². The molecule has 0 spiro atoms. The van der Waals surface area contributed by atoms with Gasteiger partial charge < -0.3 is 15.0 Å². The number of hydrogen-bond donors (Lipinski definition) is 1. The van der Waals surface area contributed by atoms with Gasteiger partial charge in [-0.15, -0.1) is 0 Å². The van der Waals surface area contributed by atoms with E-state index < -0.39 is 0 Å². The summed E-state index contributed by atoms with van der Waals surface area (Å²) in [7, 11) is 0. The number of amides is 1. The molecular weight excluding hydrogens is 400 g/mol. The first-order chi connectivity index (χ1) is 15.7. The van der Waals surface area contributed by atoms with Gasteiger partial charge in [0.1, 0.15) is 5.75 Å². The van der Waals surface area contributed by atoms with Crippen molar-refractivity contribution in [2.45, 2.75) is 13.3 Å². The summed E-state index contributed by atoms with van der Waals surface area (Å²) in [6, 6.07) is 19.9. The number of aromatic nitrogens is 1. The Morgan fingerprint density at radius 1 is 1.00 bits per heavy atom. The van der Waals surface area contributed by atoms with E-state index in [1.165, 1.54) is 5.56 Å². The predicted octanol–water partition coefficient (Wildman–Crippen LogP) is 3.77. The molecule has 1 aliphatic heterocycles. The summed E-state index contributed by atoms with van der Waals surface area (Å²) in [6.07, 6.45) is 4.74. The van der Waals surface area contributed by atoms with Gasteiger partial charge in [-0.25, -0.2) is 0 Å². The number of aryl methyl sites for hydroxylation is 1. The first kappa shape index (κ1) is 21.8. The predicted molar refractivity (Wildman–Crippen MR) is 128 cm³/mol. The van der Waals surface area contributed by atoms with Crippen molar-refractivity contribution in [3.8, 4) is 5.75 Å². The van der Waals surface area contributed by atoms with E-state index >= 15 is 0 Å². The average molecular weight is 431 g/mol. The largest absolute Gasteiger partial charge is 0.484 e. The van der Waals surface area contributed by atoms with E-state index in [0.717, 1.165) is 56.1 Å². The molecule has 1 N–H and O–H groups in total. The fraction of sp³-hybridized carbons (Fsp3) is 0.308. The van der Waals surface area contributed by atoms with Crippen molar-refractivity contribution in [2.24, 2.45) is 0 Å². The van der Waals surface area contributed by atoms with Crippen molar-refractivity contribution in [1.29, 1.82) is 0 Å². The summed E-state index contributed by atoms with van der Waals surface area (Å²) in [5.74, 6) is 0.547. The summed E-state index contributed by atoms with van der Waals surface area (Å²) in [5.41, 5.74) is 4.32. The number of piperazine rings is 1. The van der Waals surface area contributed by atoms with Crippen molar-refractivity contribution < 1.29 is 9.53 Å². The van der Waals surface area contributed by atoms with Gasteiger partial charge in [0.15, 0.2) is 6.61 Å². The van der Waals surface area contributed by atoms with Crippen molar-refractivity contribution in [3.05, 3.63) is 84.2 Å². The Labute approximate surface area is 189 Å². The Hall–Kier alpha value is -3.38. The quantitative estimate of drug-likeness (QED) is 0.590. The second-order valence-corrected chi connectivity index (χ2v) is 8.10. The topological polar surface area (TPSA) is 57.7 Å². The second kappa shape index (κ2) is 10.8. The van der Waals surface area contributed by atoms with Crippen LogP contribution in [0.15, 0.2) is 73.1 Å². The highest BCUT2D eigenvalue weighted by atomic mass is 16.5. The van der Waals surface area contributed by atoms with Crippen LogP contribution in [-0.2, 0) is 11.2 Å². The summed E-state index contributed by atoms with van der Waals surface area (Å²) in [6.45, 7) is 6.91. The molecule has 0 bridgehead atoms. The zero-order chi connectivity index (χ0) is 22.2. The Balaban J connectivity index is 1.29. The SMILES string of the molecule is Cc1cccc(OCC(=O)Nc2ccccc2N2CCN(CCc3ccncc3)CC2)c1. The fourth-order valence-corrected chi connectivity index (χ4v) is 3.94. The first-order valence-electron chi connectivity index (χ1n) is 11.1. The number of hydrogen-bond acceptors (Lipinski definition) is 5. The molecule has 0 radical (unpaired) electrons. The molecule has 1 aliphatic rings. The van der Waals surface area contributed by atoms with Crippen molar-refractivity contribution in [3.63, 3.8) is 0 Å². The average Bonchev–Trinajstić information content (AvgIpc) is 2.83. The number of carbonyl (C=O) groups is 1. The van der Waals surface area contributed by atoms with E-state index in [4.69, 9.17) is 4.74 Å². The van der Waals surface area contributed by atoms with Crippen LogP contribution in [0.4, 0.5) is 11.4 Å². The molecule has 1 aromatic heterocycles. The van der Waals surface area contributed by atoms with Crippen LogP contribution in [-0.4, -0.2) is 55.1 Å². The van der Waals surface area contributed by atoms with Gasteiger partial charge in [-0.3, -0.25) is 14.7 Å². The summed E-state index contributed by atoms with van der Waals surface area (Å²) in [4.78, 5) is 21.4. The molecule has 0 aliphatic carbocycles. The highest BCUT2D eigenvalue weighted by Gasteiger charge is 2.19. The zero-order valence-electron chi connectivity index (χ0n) is 18.5. The second-order valence-electron chi connectivity index (χ2n) is 8.10. The van der Waals surface area contributed by atoms with E-state index in [9.17, 15) is 4.79 Å². The highest BCUT2D eigenvalue weighted by Crippen LogP contribution is 2.26. The maximum Gasteiger partial charge on any atom is 0.262 e. The maximum absolute atomic E-state index is 12.5. The van der Waals surface area contributed by atoms with E-state index in [0.29, 0.717) is 5.75 Å². The van der Waals surface area contributed by atoms with E-state index in [-0.39, 0.29) is 12.5 Å². The Kier molecular flexibility index (Phi) is 7.35. The fourth-order valence-electron chi connectivity index (χ4n) is 3.94.